The standard InChI is InChI=1S/C26H23N3O.C8H9NO2/c27-23-16-22(23)25(30)24-17-28-18-29(24)26(19-10-4-1-5-11-19,20-12-6-2-7-13-20)21-14-8-3-9-15-21;9-8(10)11-6-7-4-2-1-3-5-7/h1-15,17-18,22-23H,16,27H2;1-5H,6H2,(H2,9,10)/t22-,23+;/m0./s1. The van der Waals surface area contributed by atoms with Crippen LogP contribution in [0.4, 0.5) is 4.79 Å². The lowest BCUT2D eigenvalue weighted by atomic mass is 9.76. The van der Waals surface area contributed by atoms with Gasteiger partial charge in [0.05, 0.1) is 12.5 Å². The zero-order valence-corrected chi connectivity index (χ0v) is 22.5. The molecule has 7 nitrogen and oxygen atoms in total. The molecule has 1 aromatic heterocycles. The number of ether oxygens (including phenoxy) is 1. The van der Waals surface area contributed by atoms with Gasteiger partial charge in [-0.25, -0.2) is 9.78 Å². The first kappa shape index (κ1) is 27.6. The Morgan fingerprint density at radius 1 is 0.780 bits per heavy atom. The molecule has 0 spiro atoms. The van der Waals surface area contributed by atoms with Crippen LogP contribution in [0, 0.1) is 5.92 Å². The molecular weight excluding hydrogens is 512 g/mol. The smallest absolute Gasteiger partial charge is 0.404 e. The number of benzene rings is 4. The number of hydrogen-bond acceptors (Lipinski definition) is 5. The second-order valence-electron chi connectivity index (χ2n) is 9.92. The molecule has 1 aliphatic rings. The number of nitrogens with zero attached hydrogens (tertiary/aromatic N) is 2. The second kappa shape index (κ2) is 12.4. The van der Waals surface area contributed by atoms with Gasteiger partial charge in [0.1, 0.15) is 17.8 Å². The van der Waals surface area contributed by atoms with Crippen molar-refractivity contribution < 1.29 is 14.3 Å². The summed E-state index contributed by atoms with van der Waals surface area (Å²) in [5.74, 6) is -0.0624. The van der Waals surface area contributed by atoms with Gasteiger partial charge >= 0.3 is 6.09 Å². The largest absolute Gasteiger partial charge is 0.445 e. The Bertz CT molecular complexity index is 1480. The minimum atomic E-state index is -0.742. The number of imidazole rings is 1. The summed E-state index contributed by atoms with van der Waals surface area (Å²) in [6.45, 7) is 0.246. The number of ketones is 1. The number of Topliss-reactive ketones (excluding diaryl/α,β-unsaturated/α-hetero) is 1. The van der Waals surface area contributed by atoms with E-state index in [0.717, 1.165) is 28.7 Å². The molecule has 0 saturated heterocycles. The van der Waals surface area contributed by atoms with Gasteiger partial charge in [0.25, 0.3) is 0 Å². The molecular formula is C34H32N4O3. The molecule has 1 fully saturated rings. The first-order valence-corrected chi connectivity index (χ1v) is 13.5. The second-order valence-corrected chi connectivity index (χ2v) is 9.92. The van der Waals surface area contributed by atoms with Gasteiger partial charge in [0.2, 0.25) is 0 Å². The highest BCUT2D eigenvalue weighted by atomic mass is 16.5. The molecule has 0 aliphatic heterocycles. The molecule has 0 radical (unpaired) electrons. The topological polar surface area (TPSA) is 113 Å². The molecule has 7 heteroatoms. The van der Waals surface area contributed by atoms with Crippen molar-refractivity contribution in [2.45, 2.75) is 24.6 Å². The number of rotatable bonds is 8. The number of primary amides is 1. The lowest BCUT2D eigenvalue weighted by molar-refractivity contribution is 0.0953. The highest BCUT2D eigenvalue weighted by Gasteiger charge is 2.45. The van der Waals surface area contributed by atoms with E-state index in [-0.39, 0.29) is 24.3 Å². The molecule has 1 aliphatic carbocycles. The Kier molecular flexibility index (Phi) is 8.36. The third kappa shape index (κ3) is 5.95. The molecule has 41 heavy (non-hydrogen) atoms. The maximum Gasteiger partial charge on any atom is 0.404 e. The van der Waals surface area contributed by atoms with Crippen LogP contribution in [0.2, 0.25) is 0 Å². The van der Waals surface area contributed by atoms with Crippen molar-refractivity contribution in [2.75, 3.05) is 0 Å². The molecule has 206 valence electrons. The minimum Gasteiger partial charge on any atom is -0.445 e. The van der Waals surface area contributed by atoms with E-state index in [9.17, 15) is 9.59 Å². The SMILES string of the molecule is NC(=O)OCc1ccccc1.N[C@@H]1C[C@@H]1C(=O)c1cncn1C(c1ccccc1)(c1ccccc1)c1ccccc1. The van der Waals surface area contributed by atoms with E-state index in [0.29, 0.717) is 5.69 Å². The number of nitrogens with two attached hydrogens (primary N) is 2. The summed E-state index contributed by atoms with van der Waals surface area (Å²) in [7, 11) is 0. The van der Waals surface area contributed by atoms with E-state index in [4.69, 9.17) is 11.5 Å². The van der Waals surface area contributed by atoms with Crippen LogP contribution in [-0.4, -0.2) is 27.5 Å². The van der Waals surface area contributed by atoms with Crippen molar-refractivity contribution in [3.8, 4) is 0 Å². The van der Waals surface area contributed by atoms with Crippen LogP contribution >= 0.6 is 0 Å². The third-order valence-electron chi connectivity index (χ3n) is 7.23. The lowest BCUT2D eigenvalue weighted by Gasteiger charge is -2.38. The number of hydrogen-bond donors (Lipinski definition) is 2. The van der Waals surface area contributed by atoms with Crippen LogP contribution in [0.3, 0.4) is 0 Å². The minimum absolute atomic E-state index is 0.0552. The van der Waals surface area contributed by atoms with Gasteiger partial charge in [-0.2, -0.15) is 0 Å². The highest BCUT2D eigenvalue weighted by molar-refractivity contribution is 5.99. The Hall–Kier alpha value is -5.01. The molecule has 0 bridgehead atoms. The Labute approximate surface area is 239 Å². The number of carbonyl (C=O) groups excluding carboxylic acids is 2. The number of carbonyl (C=O) groups is 2. The Balaban J connectivity index is 0.000000259. The van der Waals surface area contributed by atoms with Crippen molar-refractivity contribution >= 4 is 11.9 Å². The predicted octanol–water partition coefficient (Wildman–Crippen LogP) is 5.54. The predicted molar refractivity (Wildman–Crippen MR) is 158 cm³/mol. The summed E-state index contributed by atoms with van der Waals surface area (Å²) in [6, 6.07) is 40.2. The number of amides is 1. The van der Waals surface area contributed by atoms with Gasteiger partial charge in [-0.3, -0.25) is 4.79 Å². The molecule has 1 heterocycles. The van der Waals surface area contributed by atoms with Crippen molar-refractivity contribution in [2.24, 2.45) is 17.4 Å². The van der Waals surface area contributed by atoms with Crippen molar-refractivity contribution in [1.29, 1.82) is 0 Å². The average molecular weight is 545 g/mol. The van der Waals surface area contributed by atoms with Gasteiger partial charge in [-0.1, -0.05) is 121 Å². The molecule has 4 aromatic carbocycles. The maximum absolute atomic E-state index is 13.3. The van der Waals surface area contributed by atoms with Crippen molar-refractivity contribution in [3.05, 3.63) is 162 Å². The van der Waals surface area contributed by atoms with Crippen LogP contribution < -0.4 is 11.5 Å². The summed E-state index contributed by atoms with van der Waals surface area (Å²) in [6.07, 6.45) is 3.44. The maximum atomic E-state index is 13.3. The molecule has 4 N–H and O–H groups in total. The van der Waals surface area contributed by atoms with Gasteiger partial charge in [0.15, 0.2) is 5.78 Å². The highest BCUT2D eigenvalue weighted by Crippen LogP contribution is 2.42. The van der Waals surface area contributed by atoms with E-state index in [1.54, 1.807) is 12.5 Å². The first-order chi connectivity index (χ1) is 20.0. The van der Waals surface area contributed by atoms with Gasteiger partial charge in [-0.05, 0) is 28.7 Å². The van der Waals surface area contributed by atoms with Gasteiger partial charge in [-0.15, -0.1) is 0 Å². The van der Waals surface area contributed by atoms with E-state index in [1.807, 2.05) is 89.5 Å². The molecule has 6 rings (SSSR count). The van der Waals surface area contributed by atoms with Crippen LogP contribution in [0.25, 0.3) is 0 Å². The summed E-state index contributed by atoms with van der Waals surface area (Å²) in [5, 5.41) is 0. The van der Waals surface area contributed by atoms with E-state index >= 15 is 0 Å². The normalized spacial score (nSPS) is 15.7. The van der Waals surface area contributed by atoms with E-state index in [2.05, 4.69) is 46.1 Å². The van der Waals surface area contributed by atoms with Crippen LogP contribution in [-0.2, 0) is 16.9 Å². The average Bonchev–Trinajstić information content (AvgIpc) is 3.56. The fourth-order valence-corrected chi connectivity index (χ4v) is 5.13. The lowest BCUT2D eigenvalue weighted by Crippen LogP contribution is -2.39. The van der Waals surface area contributed by atoms with Gasteiger partial charge < -0.3 is 20.8 Å². The Morgan fingerprint density at radius 3 is 1.63 bits per heavy atom. The van der Waals surface area contributed by atoms with Crippen LogP contribution in [0.1, 0.15) is 39.2 Å². The third-order valence-corrected chi connectivity index (χ3v) is 7.23. The van der Waals surface area contributed by atoms with Crippen LogP contribution in [0.15, 0.2) is 134 Å². The molecule has 1 saturated carbocycles. The van der Waals surface area contributed by atoms with Crippen molar-refractivity contribution in [1.82, 2.24) is 9.55 Å². The molecule has 1 amide bonds. The molecule has 0 unspecified atom stereocenters. The fraction of sp³-hybridized carbons (Fsp3) is 0.147. The summed E-state index contributed by atoms with van der Waals surface area (Å²) < 4.78 is 6.59. The molecule has 5 aromatic rings. The monoisotopic (exact) mass is 544 g/mol. The quantitative estimate of drug-likeness (QED) is 0.197. The summed E-state index contributed by atoms with van der Waals surface area (Å²) in [5.41, 5.74) is 14.8. The molecule has 2 atom stereocenters. The zero-order chi connectivity index (χ0) is 28.7. The van der Waals surface area contributed by atoms with E-state index < -0.39 is 11.6 Å². The zero-order valence-electron chi connectivity index (χ0n) is 22.5. The summed E-state index contributed by atoms with van der Waals surface area (Å²) in [4.78, 5) is 27.9. The van der Waals surface area contributed by atoms with E-state index in [1.165, 1.54) is 0 Å². The first-order valence-electron chi connectivity index (χ1n) is 13.5. The van der Waals surface area contributed by atoms with Gasteiger partial charge in [0, 0.05) is 12.0 Å². The van der Waals surface area contributed by atoms with Crippen LogP contribution in [0.5, 0.6) is 0 Å². The Morgan fingerprint density at radius 2 is 1.22 bits per heavy atom. The fourth-order valence-electron chi connectivity index (χ4n) is 5.13. The van der Waals surface area contributed by atoms with Crippen molar-refractivity contribution in [3.63, 3.8) is 0 Å². The summed E-state index contributed by atoms with van der Waals surface area (Å²) >= 11 is 0. The number of aromatic nitrogens is 2.